The number of hydrogen-bond acceptors (Lipinski definition) is 5. The second kappa shape index (κ2) is 10.1. The number of methoxy groups -OCH3 is 1. The summed E-state index contributed by atoms with van der Waals surface area (Å²) in [5.74, 6) is 1.41. The van der Waals surface area contributed by atoms with Gasteiger partial charge in [0.05, 0.1) is 13.2 Å². The number of aromatic nitrogens is 1. The van der Waals surface area contributed by atoms with Crippen LogP contribution in [-0.4, -0.2) is 55.7 Å². The normalized spacial score (nSPS) is 15.6. The van der Waals surface area contributed by atoms with Crippen LogP contribution >= 0.6 is 0 Å². The Hall–Kier alpha value is -2.64. The van der Waals surface area contributed by atoms with Gasteiger partial charge in [-0.1, -0.05) is 31.2 Å². The summed E-state index contributed by atoms with van der Waals surface area (Å²) in [4.78, 5) is 13.8. The number of nitrogens with one attached hydrogen (secondary N) is 1. The molecule has 7 nitrogen and oxygen atoms in total. The third-order valence-electron chi connectivity index (χ3n) is 4.96. The summed E-state index contributed by atoms with van der Waals surface area (Å²) >= 11 is 0. The Morgan fingerprint density at radius 2 is 1.96 bits per heavy atom. The third kappa shape index (κ3) is 5.43. The van der Waals surface area contributed by atoms with Crippen molar-refractivity contribution in [1.82, 2.24) is 9.88 Å². The van der Waals surface area contributed by atoms with Crippen LogP contribution in [0.25, 0.3) is 0 Å². The van der Waals surface area contributed by atoms with Gasteiger partial charge in [-0.2, -0.15) is 0 Å². The van der Waals surface area contributed by atoms with Crippen molar-refractivity contribution < 1.29 is 4.74 Å². The lowest BCUT2D eigenvalue weighted by molar-refractivity contribution is 0.185. The van der Waals surface area contributed by atoms with Gasteiger partial charge in [0.15, 0.2) is 5.96 Å². The molecule has 0 bridgehead atoms. The molecule has 1 aromatic carbocycles. The molecule has 0 spiro atoms. The van der Waals surface area contributed by atoms with Crippen LogP contribution in [0.3, 0.4) is 0 Å². The lowest BCUT2D eigenvalue weighted by atomic mass is 10.2. The topological polar surface area (TPSA) is 79.0 Å². The van der Waals surface area contributed by atoms with Crippen LogP contribution < -0.4 is 16.0 Å². The zero-order chi connectivity index (χ0) is 19.8. The summed E-state index contributed by atoms with van der Waals surface area (Å²) < 4.78 is 5.22. The smallest absolute Gasteiger partial charge is 0.193 e. The molecule has 0 atom stereocenters. The fourth-order valence-electron chi connectivity index (χ4n) is 3.27. The van der Waals surface area contributed by atoms with Gasteiger partial charge in [0.1, 0.15) is 5.82 Å². The predicted octanol–water partition coefficient (Wildman–Crippen LogP) is 2.30. The minimum absolute atomic E-state index is 0.378. The van der Waals surface area contributed by atoms with Crippen molar-refractivity contribution in [3.63, 3.8) is 0 Å². The zero-order valence-electron chi connectivity index (χ0n) is 16.8. The van der Waals surface area contributed by atoms with Crippen LogP contribution in [-0.2, 0) is 17.9 Å². The Kier molecular flexibility index (Phi) is 7.22. The van der Waals surface area contributed by atoms with E-state index in [1.54, 1.807) is 7.11 Å². The van der Waals surface area contributed by atoms with Crippen molar-refractivity contribution >= 4 is 17.5 Å². The van der Waals surface area contributed by atoms with Gasteiger partial charge in [0.25, 0.3) is 0 Å². The fourth-order valence-corrected chi connectivity index (χ4v) is 3.27. The number of anilines is 2. The monoisotopic (exact) mass is 382 g/mol. The number of pyridine rings is 1. The summed E-state index contributed by atoms with van der Waals surface area (Å²) in [6.45, 7) is 8.57. The summed E-state index contributed by atoms with van der Waals surface area (Å²) in [5.41, 5.74) is 9.04. The van der Waals surface area contributed by atoms with Gasteiger partial charge in [0.2, 0.25) is 0 Å². The Morgan fingerprint density at radius 1 is 1.18 bits per heavy atom. The maximum atomic E-state index is 6.06. The molecule has 3 rings (SSSR count). The first-order valence-corrected chi connectivity index (χ1v) is 9.75. The van der Waals surface area contributed by atoms with E-state index in [2.05, 4.69) is 44.1 Å². The largest absolute Gasteiger partial charge is 0.380 e. The molecule has 1 fully saturated rings. The van der Waals surface area contributed by atoms with Crippen molar-refractivity contribution in [3.8, 4) is 0 Å². The first-order valence-electron chi connectivity index (χ1n) is 9.75. The molecule has 2 heterocycles. The number of aliphatic imine (C=N–C) groups is 1. The SMILES string of the molecule is CCN1CCN(c2ccc(CN=C(N)Nc3ccccc3COC)cn2)CC1. The molecule has 0 amide bonds. The first-order chi connectivity index (χ1) is 13.7. The minimum Gasteiger partial charge on any atom is -0.380 e. The second-order valence-corrected chi connectivity index (χ2v) is 6.86. The fraction of sp³-hybridized carbons (Fsp3) is 0.429. The van der Waals surface area contributed by atoms with Gasteiger partial charge in [-0.15, -0.1) is 0 Å². The van der Waals surface area contributed by atoms with Crippen LogP contribution in [0, 0.1) is 0 Å². The van der Waals surface area contributed by atoms with Gasteiger partial charge in [-0.05, 0) is 24.2 Å². The standard InChI is InChI=1S/C21H30N6O/c1-3-26-10-12-27(13-11-26)20-9-8-17(14-23-20)15-24-21(22)25-19-7-5-4-6-18(19)16-28-2/h4-9,14H,3,10-13,15-16H2,1-2H3,(H3,22,24,25). The molecule has 2 aromatic rings. The molecule has 1 aliphatic rings. The number of ether oxygens (including phenoxy) is 1. The molecule has 28 heavy (non-hydrogen) atoms. The molecule has 150 valence electrons. The number of likely N-dealkylation sites (N-methyl/N-ethyl adjacent to an activating group) is 1. The second-order valence-electron chi connectivity index (χ2n) is 6.86. The number of guanidine groups is 1. The highest BCUT2D eigenvalue weighted by molar-refractivity contribution is 5.92. The quantitative estimate of drug-likeness (QED) is 0.565. The lowest BCUT2D eigenvalue weighted by Gasteiger charge is -2.34. The molecular formula is C21H30N6O. The Morgan fingerprint density at radius 3 is 2.64 bits per heavy atom. The zero-order valence-corrected chi connectivity index (χ0v) is 16.8. The summed E-state index contributed by atoms with van der Waals surface area (Å²) in [6.07, 6.45) is 1.89. The van der Waals surface area contributed by atoms with Crippen molar-refractivity contribution in [2.24, 2.45) is 10.7 Å². The van der Waals surface area contributed by atoms with E-state index in [9.17, 15) is 0 Å². The van der Waals surface area contributed by atoms with E-state index in [4.69, 9.17) is 10.5 Å². The van der Waals surface area contributed by atoms with Crippen LogP contribution in [0.15, 0.2) is 47.6 Å². The van der Waals surface area contributed by atoms with E-state index in [1.165, 1.54) is 0 Å². The van der Waals surface area contributed by atoms with E-state index >= 15 is 0 Å². The number of nitrogens with two attached hydrogens (primary N) is 1. The minimum atomic E-state index is 0.378. The maximum absolute atomic E-state index is 6.06. The summed E-state index contributed by atoms with van der Waals surface area (Å²) in [7, 11) is 1.68. The first kappa shape index (κ1) is 20.1. The van der Waals surface area contributed by atoms with Crippen molar-refractivity contribution in [2.75, 3.05) is 50.1 Å². The van der Waals surface area contributed by atoms with E-state index in [-0.39, 0.29) is 0 Å². The highest BCUT2D eigenvalue weighted by Crippen LogP contribution is 2.16. The van der Waals surface area contributed by atoms with Gasteiger partial charge in [-0.3, -0.25) is 0 Å². The molecule has 0 radical (unpaired) electrons. The van der Waals surface area contributed by atoms with Crippen LogP contribution in [0.1, 0.15) is 18.1 Å². The van der Waals surface area contributed by atoms with Gasteiger partial charge in [-0.25, -0.2) is 9.98 Å². The van der Waals surface area contributed by atoms with Crippen LogP contribution in [0.2, 0.25) is 0 Å². The van der Waals surface area contributed by atoms with Crippen LogP contribution in [0.4, 0.5) is 11.5 Å². The van der Waals surface area contributed by atoms with Crippen molar-refractivity contribution in [2.45, 2.75) is 20.1 Å². The number of rotatable bonds is 7. The maximum Gasteiger partial charge on any atom is 0.193 e. The number of piperazine rings is 1. The lowest BCUT2D eigenvalue weighted by Crippen LogP contribution is -2.46. The molecule has 0 saturated carbocycles. The number of hydrogen-bond donors (Lipinski definition) is 2. The van der Waals surface area contributed by atoms with Gasteiger partial charge < -0.3 is 25.6 Å². The van der Waals surface area contributed by atoms with Crippen molar-refractivity contribution in [3.05, 3.63) is 53.7 Å². The molecule has 1 aliphatic heterocycles. The molecule has 0 aliphatic carbocycles. The molecule has 7 heteroatoms. The van der Waals surface area contributed by atoms with E-state index in [0.717, 1.165) is 55.4 Å². The molecule has 1 aromatic heterocycles. The molecular weight excluding hydrogens is 352 g/mol. The van der Waals surface area contributed by atoms with Crippen LogP contribution in [0.5, 0.6) is 0 Å². The number of para-hydroxylation sites is 1. The Bertz CT molecular complexity index is 769. The Balaban J connectivity index is 1.55. The Labute approximate surface area is 167 Å². The van der Waals surface area contributed by atoms with E-state index < -0.39 is 0 Å². The third-order valence-corrected chi connectivity index (χ3v) is 4.96. The number of benzene rings is 1. The van der Waals surface area contributed by atoms with E-state index in [1.807, 2.05) is 30.5 Å². The predicted molar refractivity (Wildman–Crippen MR) is 115 cm³/mol. The average Bonchev–Trinajstić information content (AvgIpc) is 2.74. The summed E-state index contributed by atoms with van der Waals surface area (Å²) in [5, 5.41) is 3.15. The van der Waals surface area contributed by atoms with E-state index in [0.29, 0.717) is 19.1 Å². The van der Waals surface area contributed by atoms with Crippen molar-refractivity contribution in [1.29, 1.82) is 0 Å². The van der Waals surface area contributed by atoms with Gasteiger partial charge in [0, 0.05) is 50.7 Å². The number of nitrogens with zero attached hydrogens (tertiary/aromatic N) is 4. The average molecular weight is 383 g/mol. The molecule has 1 saturated heterocycles. The summed E-state index contributed by atoms with van der Waals surface area (Å²) in [6, 6.07) is 12.0. The molecule has 3 N–H and O–H groups in total. The highest BCUT2D eigenvalue weighted by atomic mass is 16.5. The highest BCUT2D eigenvalue weighted by Gasteiger charge is 2.16. The van der Waals surface area contributed by atoms with Gasteiger partial charge >= 0.3 is 0 Å². The molecule has 0 unspecified atom stereocenters.